The van der Waals surface area contributed by atoms with Crippen LogP contribution in [0, 0.1) is 0 Å². The van der Waals surface area contributed by atoms with E-state index in [0.717, 1.165) is 13.8 Å². The molecule has 430 valence electrons. The molecule has 0 aromatic carbocycles. The number of nitrogens with two attached hydrogens (primary N) is 1. The number of aliphatic hydroxyl groups is 18. The highest BCUT2D eigenvalue weighted by molar-refractivity contribution is 5.74. The second-order valence-electron chi connectivity index (χ2n) is 18.6. The fourth-order valence-electron chi connectivity index (χ4n) is 9.20. The molecule has 34 nitrogen and oxygen atoms in total. The smallest absolute Gasteiger partial charge is 0.218 e. The molecule has 6 saturated heterocycles. The monoisotopic (exact) mass is 1090 g/mol. The maximum absolute atomic E-state index is 12.5. The Morgan fingerprint density at radius 3 is 1.32 bits per heavy atom. The maximum Gasteiger partial charge on any atom is 0.218 e. The molecule has 74 heavy (non-hydrogen) atoms. The highest BCUT2D eigenvalue weighted by atomic mass is 16.8. The van der Waals surface area contributed by atoms with Crippen LogP contribution in [-0.2, 0) is 61.7 Å². The lowest BCUT2D eigenvalue weighted by atomic mass is 9.90. The first-order valence-electron chi connectivity index (χ1n) is 23.3. The Labute approximate surface area is 418 Å². The van der Waals surface area contributed by atoms with Crippen LogP contribution in [0.3, 0.4) is 0 Å². The summed E-state index contributed by atoms with van der Waals surface area (Å²) < 4.78 is 62.0. The van der Waals surface area contributed by atoms with Gasteiger partial charge in [0.1, 0.15) is 140 Å². The predicted octanol–water partition coefficient (Wildman–Crippen LogP) is -14.5. The summed E-state index contributed by atoms with van der Waals surface area (Å²) in [6.07, 6.45) is -53.7. The third-order valence-corrected chi connectivity index (χ3v) is 13.4. The van der Waals surface area contributed by atoms with Crippen LogP contribution in [0.25, 0.3) is 0 Å². The fraction of sp³-hybridized carbons (Fsp3) is 0.950. The molecule has 34 heteroatoms. The van der Waals surface area contributed by atoms with E-state index in [1.165, 1.54) is 0 Å². The third-order valence-electron chi connectivity index (χ3n) is 13.4. The SMILES string of the molecule is CC(=O)N[C@H]1[C@H](O[C@@H]2[C@@H](CO)O[C@@H](O)[C@](N)(NC(C)=O)[C@H]2O)O[C@H](CO)[C@@H](O[C@@H]2O[C@H](CO[C@H]3O[C@H](CO[C@H]4O[C@H](CO)[C@@H](O)[C@H](O)[C@@H]4O)[C@@H](O)[C@H](O[C@H]4O[C@H](CO)[C@@H](O)[C@H](O)[C@@H]4O)[C@@H]3O)[C@@H](O)[C@H](O)[C@@H]2O)[C@@H]1O. The Kier molecular flexibility index (Phi) is 21.2. The van der Waals surface area contributed by atoms with E-state index in [2.05, 4.69) is 10.6 Å². The molecule has 0 radical (unpaired) electrons. The van der Waals surface area contributed by atoms with Gasteiger partial charge in [-0.05, 0) is 0 Å². The first-order valence-corrected chi connectivity index (χ1v) is 23.3. The minimum atomic E-state index is -2.46. The van der Waals surface area contributed by atoms with E-state index in [-0.39, 0.29) is 0 Å². The molecule has 6 heterocycles. The van der Waals surface area contributed by atoms with E-state index in [9.17, 15) is 102 Å². The average molecular weight is 1090 g/mol. The van der Waals surface area contributed by atoms with Crippen LogP contribution in [0.1, 0.15) is 13.8 Å². The molecule has 0 unspecified atom stereocenters. The highest BCUT2D eigenvalue weighted by Gasteiger charge is 2.59. The van der Waals surface area contributed by atoms with E-state index >= 15 is 0 Å². The van der Waals surface area contributed by atoms with Gasteiger partial charge in [-0.3, -0.25) is 9.59 Å². The van der Waals surface area contributed by atoms with Crippen molar-refractivity contribution in [2.24, 2.45) is 5.73 Å². The first-order chi connectivity index (χ1) is 34.8. The lowest BCUT2D eigenvalue weighted by Crippen LogP contribution is -2.78. The van der Waals surface area contributed by atoms with Gasteiger partial charge in [-0.25, -0.2) is 0 Å². The topological polar surface area (TPSA) is 550 Å². The van der Waals surface area contributed by atoms with Gasteiger partial charge in [-0.15, -0.1) is 0 Å². The molecule has 0 spiro atoms. The normalized spacial score (nSPS) is 50.3. The standard InChI is InChI=1S/C40H69N3O31/c1-9(48)42-17-22(54)30(13(5-46)68-34(17)73-31-14(6-47)71-39(63)40(41,33(31)62)43-10(2)49)72-38-28(60)25(57)20(52)15(70-38)7-65-36-29(61)32(74-37-27(59)24(56)19(51)12(4-45)67-37)21(53)16(69-36)8-64-35-26(58)23(55)18(50)11(3-44)66-35/h11-39,44-47,50-63H,3-8,41H2,1-2H3,(H,42,48)(H,43,49)/t11-,12-,13-,14-,15-,16-,17-,18-,19-,20-,21-,22-,23+,24+,25+,26+,27+,28+,29+,30-,31-,32+,33+,34+,35+,36+,37-,38+,39-,40-/m1/s1. The van der Waals surface area contributed by atoms with Crippen LogP contribution in [-0.4, -0.2) is 327 Å². The maximum atomic E-state index is 12.5. The Morgan fingerprint density at radius 2 is 0.824 bits per heavy atom. The van der Waals surface area contributed by atoms with Gasteiger partial charge in [0.25, 0.3) is 0 Å². The molecule has 6 aliphatic rings. The van der Waals surface area contributed by atoms with Crippen LogP contribution < -0.4 is 16.4 Å². The number of aliphatic hydroxyl groups excluding tert-OH is 18. The predicted molar refractivity (Wildman–Crippen MR) is 225 cm³/mol. The minimum Gasteiger partial charge on any atom is -0.394 e. The van der Waals surface area contributed by atoms with E-state index in [0.29, 0.717) is 0 Å². The van der Waals surface area contributed by atoms with Crippen molar-refractivity contribution in [3.63, 3.8) is 0 Å². The van der Waals surface area contributed by atoms with E-state index < -0.39 is 235 Å². The van der Waals surface area contributed by atoms with E-state index in [1.54, 1.807) is 0 Å². The summed E-state index contributed by atoms with van der Waals surface area (Å²) in [6, 6.07) is -1.74. The second-order valence-corrected chi connectivity index (χ2v) is 18.6. The molecular formula is C40H69N3O31. The molecule has 30 atom stereocenters. The van der Waals surface area contributed by atoms with Gasteiger partial charge in [0.2, 0.25) is 11.8 Å². The second kappa shape index (κ2) is 25.7. The zero-order valence-electron chi connectivity index (χ0n) is 39.4. The largest absolute Gasteiger partial charge is 0.394 e. The number of carbonyl (C=O) groups is 2. The number of ether oxygens (including phenoxy) is 11. The molecule has 2 amide bonds. The first kappa shape index (κ1) is 61.0. The lowest BCUT2D eigenvalue weighted by Gasteiger charge is -2.51. The summed E-state index contributed by atoms with van der Waals surface area (Å²) in [6.45, 7) is -3.51. The number of amides is 2. The Balaban J connectivity index is 1.19. The van der Waals surface area contributed by atoms with Gasteiger partial charge < -0.3 is 160 Å². The van der Waals surface area contributed by atoms with Gasteiger partial charge in [-0.2, -0.15) is 0 Å². The van der Waals surface area contributed by atoms with Gasteiger partial charge in [-0.1, -0.05) is 0 Å². The number of rotatable bonds is 18. The summed E-state index contributed by atoms with van der Waals surface area (Å²) in [5, 5.41) is 196. The zero-order valence-corrected chi connectivity index (χ0v) is 39.4. The van der Waals surface area contributed by atoms with Crippen molar-refractivity contribution in [3.8, 4) is 0 Å². The molecule has 6 rings (SSSR count). The molecule has 0 aromatic heterocycles. The molecular weight excluding hydrogens is 1020 g/mol. The highest BCUT2D eigenvalue weighted by Crippen LogP contribution is 2.36. The van der Waals surface area contributed by atoms with Crippen molar-refractivity contribution >= 4 is 11.8 Å². The van der Waals surface area contributed by atoms with Crippen molar-refractivity contribution in [1.29, 1.82) is 0 Å². The molecule has 6 aliphatic heterocycles. The fourth-order valence-corrected chi connectivity index (χ4v) is 9.20. The molecule has 22 N–H and O–H groups in total. The lowest BCUT2D eigenvalue weighted by molar-refractivity contribution is -0.377. The van der Waals surface area contributed by atoms with Crippen LogP contribution in [0.4, 0.5) is 0 Å². The van der Waals surface area contributed by atoms with Crippen molar-refractivity contribution in [1.82, 2.24) is 10.6 Å². The summed E-state index contributed by atoms with van der Waals surface area (Å²) in [5.41, 5.74) is 3.64. The average Bonchev–Trinajstić information content (AvgIpc) is 3.36. The van der Waals surface area contributed by atoms with Crippen LogP contribution in [0.5, 0.6) is 0 Å². The number of hydrogen-bond acceptors (Lipinski definition) is 32. The van der Waals surface area contributed by atoms with Gasteiger partial charge in [0, 0.05) is 13.8 Å². The van der Waals surface area contributed by atoms with Gasteiger partial charge in [0.15, 0.2) is 43.4 Å². The van der Waals surface area contributed by atoms with Crippen LogP contribution in [0.2, 0.25) is 0 Å². The quantitative estimate of drug-likeness (QED) is 0.0567. The van der Waals surface area contributed by atoms with Crippen molar-refractivity contribution in [2.45, 2.75) is 198 Å². The van der Waals surface area contributed by atoms with E-state index in [1.807, 2.05) is 0 Å². The number of nitrogens with one attached hydrogen (secondary N) is 2. The Hall–Kier alpha value is -2.26. The molecule has 0 saturated carbocycles. The number of carbonyl (C=O) groups excluding carboxylic acids is 2. The Bertz CT molecular complexity index is 1800. The van der Waals surface area contributed by atoms with Gasteiger partial charge in [0.05, 0.1) is 39.6 Å². The molecule has 6 fully saturated rings. The minimum absolute atomic E-state index is 0.832. The summed E-state index contributed by atoms with van der Waals surface area (Å²) in [4.78, 5) is 24.4. The van der Waals surface area contributed by atoms with Crippen LogP contribution >= 0.6 is 0 Å². The zero-order chi connectivity index (χ0) is 54.8. The van der Waals surface area contributed by atoms with Crippen molar-refractivity contribution in [2.75, 3.05) is 39.6 Å². The molecule has 0 aliphatic carbocycles. The van der Waals surface area contributed by atoms with Gasteiger partial charge >= 0.3 is 0 Å². The molecule has 0 aromatic rings. The van der Waals surface area contributed by atoms with E-state index in [4.69, 9.17) is 57.8 Å². The third kappa shape index (κ3) is 12.8. The molecule has 0 bridgehead atoms. The van der Waals surface area contributed by atoms with Crippen LogP contribution in [0.15, 0.2) is 0 Å². The summed E-state index contributed by atoms with van der Waals surface area (Å²) in [7, 11) is 0. The number of hydrogen-bond donors (Lipinski definition) is 21. The summed E-state index contributed by atoms with van der Waals surface area (Å²) in [5.74, 6) is -1.67. The van der Waals surface area contributed by atoms with Crippen molar-refractivity contribution in [3.05, 3.63) is 0 Å². The summed E-state index contributed by atoms with van der Waals surface area (Å²) >= 11 is 0. The van der Waals surface area contributed by atoms with Crippen molar-refractivity contribution < 1.29 is 154 Å². The Morgan fingerprint density at radius 1 is 0.432 bits per heavy atom.